The highest BCUT2D eigenvalue weighted by molar-refractivity contribution is 7.93. The average Bonchev–Trinajstić information content (AvgIpc) is 2.72. The number of nitriles is 1. The van der Waals surface area contributed by atoms with Crippen LogP contribution in [0.4, 0.5) is 0 Å². The van der Waals surface area contributed by atoms with Gasteiger partial charge in [-0.05, 0) is 26.0 Å². The molecule has 0 saturated heterocycles. The summed E-state index contributed by atoms with van der Waals surface area (Å²) >= 11 is 0. The van der Waals surface area contributed by atoms with Gasteiger partial charge < -0.3 is 4.42 Å². The van der Waals surface area contributed by atoms with E-state index < -0.39 is 14.6 Å². The van der Waals surface area contributed by atoms with Gasteiger partial charge in [-0.15, -0.1) is 0 Å². The molecule has 0 spiro atoms. The molecule has 0 aliphatic rings. The van der Waals surface area contributed by atoms with E-state index in [2.05, 4.69) is 0 Å². The molecule has 0 unspecified atom stereocenters. The molecule has 2 rings (SSSR count). The molecular weight excluding hydrogens is 238 g/mol. The van der Waals surface area contributed by atoms with Crippen molar-refractivity contribution in [2.45, 2.75) is 23.5 Å². The van der Waals surface area contributed by atoms with Gasteiger partial charge in [-0.25, -0.2) is 8.42 Å². The predicted molar refractivity (Wildman–Crippen MR) is 63.1 cm³/mol. The van der Waals surface area contributed by atoms with Crippen molar-refractivity contribution in [1.29, 1.82) is 5.26 Å². The highest BCUT2D eigenvalue weighted by Gasteiger charge is 2.38. The molecule has 0 radical (unpaired) electrons. The second-order valence-corrected chi connectivity index (χ2v) is 6.69. The molecule has 0 aliphatic heterocycles. The molecule has 0 amide bonds. The van der Waals surface area contributed by atoms with Crippen molar-refractivity contribution in [2.24, 2.45) is 0 Å². The van der Waals surface area contributed by atoms with Crippen LogP contribution in [0.15, 0.2) is 39.8 Å². The molecule has 4 nitrogen and oxygen atoms in total. The average molecular weight is 249 g/mol. The van der Waals surface area contributed by atoms with Crippen LogP contribution >= 0.6 is 0 Å². The zero-order chi connectivity index (χ0) is 12.7. The first-order chi connectivity index (χ1) is 7.90. The third kappa shape index (κ3) is 1.61. The Bertz CT molecular complexity index is 705. The van der Waals surface area contributed by atoms with Gasteiger partial charge in [0.25, 0.3) is 0 Å². The summed E-state index contributed by atoms with van der Waals surface area (Å²) in [6.07, 6.45) is 1.19. The largest absolute Gasteiger partial charge is 0.463 e. The van der Waals surface area contributed by atoms with Gasteiger partial charge in [-0.2, -0.15) is 5.26 Å². The maximum atomic E-state index is 12.3. The third-order valence-corrected chi connectivity index (χ3v) is 5.01. The standard InChI is InChI=1S/C12H11NO3S/c1-12(2,8-13)17(14,15)11-7-16-10-6-4-3-5-9(10)11/h3-7H,1-2H3. The van der Waals surface area contributed by atoms with Crippen LogP contribution in [-0.2, 0) is 9.84 Å². The molecule has 88 valence electrons. The lowest BCUT2D eigenvalue weighted by Crippen LogP contribution is -2.29. The van der Waals surface area contributed by atoms with Crippen LogP contribution in [0.1, 0.15) is 13.8 Å². The van der Waals surface area contributed by atoms with E-state index in [-0.39, 0.29) is 4.90 Å². The number of hydrogen-bond acceptors (Lipinski definition) is 4. The van der Waals surface area contributed by atoms with Crippen molar-refractivity contribution in [1.82, 2.24) is 0 Å². The maximum Gasteiger partial charge on any atom is 0.200 e. The number of rotatable bonds is 2. The predicted octanol–water partition coefficient (Wildman–Crippen LogP) is 2.51. The van der Waals surface area contributed by atoms with E-state index in [9.17, 15) is 8.42 Å². The molecular formula is C12H11NO3S. The lowest BCUT2D eigenvalue weighted by Gasteiger charge is -2.14. The van der Waals surface area contributed by atoms with Gasteiger partial charge in [0, 0.05) is 5.39 Å². The molecule has 1 heterocycles. The molecule has 17 heavy (non-hydrogen) atoms. The van der Waals surface area contributed by atoms with Gasteiger partial charge in [0.15, 0.2) is 4.75 Å². The monoisotopic (exact) mass is 249 g/mol. The van der Waals surface area contributed by atoms with Crippen molar-refractivity contribution in [3.8, 4) is 6.07 Å². The minimum atomic E-state index is -3.73. The Labute approximate surface area is 99.4 Å². The van der Waals surface area contributed by atoms with Crippen LogP contribution in [0.25, 0.3) is 11.0 Å². The van der Waals surface area contributed by atoms with E-state index in [4.69, 9.17) is 9.68 Å². The van der Waals surface area contributed by atoms with Crippen molar-refractivity contribution >= 4 is 20.8 Å². The fourth-order valence-electron chi connectivity index (χ4n) is 1.50. The quantitative estimate of drug-likeness (QED) is 0.819. The lowest BCUT2D eigenvalue weighted by molar-refractivity contribution is 0.566. The van der Waals surface area contributed by atoms with Gasteiger partial charge >= 0.3 is 0 Å². The number of fused-ring (bicyclic) bond motifs is 1. The lowest BCUT2D eigenvalue weighted by atomic mass is 10.2. The van der Waals surface area contributed by atoms with Gasteiger partial charge in [-0.3, -0.25) is 0 Å². The SMILES string of the molecule is CC(C)(C#N)S(=O)(=O)c1coc2ccccc12. The minimum Gasteiger partial charge on any atom is -0.463 e. The first-order valence-corrected chi connectivity index (χ1v) is 6.50. The van der Waals surface area contributed by atoms with E-state index in [0.29, 0.717) is 11.0 Å². The summed E-state index contributed by atoms with van der Waals surface area (Å²) in [7, 11) is -3.73. The Kier molecular flexibility index (Phi) is 2.48. The third-order valence-electron chi connectivity index (χ3n) is 2.68. The van der Waals surface area contributed by atoms with Crippen LogP contribution in [0.5, 0.6) is 0 Å². The molecule has 5 heteroatoms. The topological polar surface area (TPSA) is 71.1 Å². The van der Waals surface area contributed by atoms with Crippen molar-refractivity contribution < 1.29 is 12.8 Å². The molecule has 0 bridgehead atoms. The van der Waals surface area contributed by atoms with E-state index in [0.717, 1.165) is 0 Å². The first-order valence-electron chi connectivity index (χ1n) is 5.02. The summed E-state index contributed by atoms with van der Waals surface area (Å²) in [5.41, 5.74) is 0.500. The number of para-hydroxylation sites is 1. The molecule has 0 saturated carbocycles. The second kappa shape index (κ2) is 3.60. The summed E-state index contributed by atoms with van der Waals surface area (Å²) in [6.45, 7) is 2.76. The second-order valence-electron chi connectivity index (χ2n) is 4.22. The molecule has 1 aromatic carbocycles. The van der Waals surface area contributed by atoms with Gasteiger partial charge in [0.1, 0.15) is 16.7 Å². The summed E-state index contributed by atoms with van der Waals surface area (Å²) in [5, 5.41) is 9.45. The van der Waals surface area contributed by atoms with E-state index in [1.54, 1.807) is 30.3 Å². The fourth-order valence-corrected chi connectivity index (χ4v) is 2.80. The van der Waals surface area contributed by atoms with Gasteiger partial charge in [-0.1, -0.05) is 12.1 Å². The van der Waals surface area contributed by atoms with Crippen LogP contribution in [0, 0.1) is 11.3 Å². The maximum absolute atomic E-state index is 12.3. The highest BCUT2D eigenvalue weighted by atomic mass is 32.2. The smallest absolute Gasteiger partial charge is 0.200 e. The fraction of sp³-hybridized carbons (Fsp3) is 0.250. The summed E-state index contributed by atoms with van der Waals surface area (Å²) in [6, 6.07) is 8.65. The molecule has 0 N–H and O–H groups in total. The van der Waals surface area contributed by atoms with Gasteiger partial charge in [0.05, 0.1) is 6.07 Å². The Morgan fingerprint density at radius 1 is 1.29 bits per heavy atom. The highest BCUT2D eigenvalue weighted by Crippen LogP contribution is 2.31. The van der Waals surface area contributed by atoms with Crippen molar-refractivity contribution in [3.05, 3.63) is 30.5 Å². The summed E-state index contributed by atoms with van der Waals surface area (Å²) < 4.78 is 28.3. The van der Waals surface area contributed by atoms with E-state index >= 15 is 0 Å². The van der Waals surface area contributed by atoms with Gasteiger partial charge in [0.2, 0.25) is 9.84 Å². The molecule has 1 aromatic heterocycles. The van der Waals surface area contributed by atoms with Crippen LogP contribution < -0.4 is 0 Å². The van der Waals surface area contributed by atoms with Crippen LogP contribution in [0.3, 0.4) is 0 Å². The summed E-state index contributed by atoms with van der Waals surface area (Å²) in [4.78, 5) is 0.0691. The zero-order valence-corrected chi connectivity index (χ0v) is 10.3. The Morgan fingerprint density at radius 2 is 1.94 bits per heavy atom. The normalized spacial score (nSPS) is 12.5. The number of sulfone groups is 1. The number of hydrogen-bond donors (Lipinski definition) is 0. The molecule has 0 aliphatic carbocycles. The Hall–Kier alpha value is -1.80. The first kappa shape index (κ1) is 11.7. The summed E-state index contributed by atoms with van der Waals surface area (Å²) in [5.74, 6) is 0. The van der Waals surface area contributed by atoms with Crippen molar-refractivity contribution in [2.75, 3.05) is 0 Å². The number of furan rings is 1. The van der Waals surface area contributed by atoms with Crippen LogP contribution in [-0.4, -0.2) is 13.2 Å². The van der Waals surface area contributed by atoms with E-state index in [1.165, 1.54) is 20.1 Å². The molecule has 0 atom stereocenters. The molecule has 0 fully saturated rings. The zero-order valence-electron chi connectivity index (χ0n) is 9.47. The number of nitrogens with zero attached hydrogens (tertiary/aromatic N) is 1. The number of benzene rings is 1. The van der Waals surface area contributed by atoms with Crippen molar-refractivity contribution in [3.63, 3.8) is 0 Å². The van der Waals surface area contributed by atoms with E-state index in [1.807, 2.05) is 0 Å². The Balaban J connectivity index is 2.75. The minimum absolute atomic E-state index is 0.0691. The van der Waals surface area contributed by atoms with Crippen LogP contribution in [0.2, 0.25) is 0 Å². The Morgan fingerprint density at radius 3 is 2.59 bits per heavy atom. The molecule has 2 aromatic rings.